The van der Waals surface area contributed by atoms with Crippen molar-refractivity contribution in [2.45, 2.75) is 20.8 Å². The molecule has 0 amide bonds. The number of carbonyl (C=O) groups is 1. The highest BCUT2D eigenvalue weighted by Crippen LogP contribution is 2.30. The highest BCUT2D eigenvalue weighted by Gasteiger charge is 2.31. The summed E-state index contributed by atoms with van der Waals surface area (Å²) in [6.45, 7) is 5.76. The van der Waals surface area contributed by atoms with Gasteiger partial charge >= 0.3 is 13.3 Å². The van der Waals surface area contributed by atoms with Gasteiger partial charge in [0, 0.05) is 5.75 Å². The third kappa shape index (κ3) is 2.93. The van der Waals surface area contributed by atoms with Gasteiger partial charge in [0.15, 0.2) is 6.16 Å². The highest BCUT2D eigenvalue weighted by atomic mass is 32.1. The molecule has 0 aromatic heterocycles. The van der Waals surface area contributed by atoms with Gasteiger partial charge in [-0.1, -0.05) is 22.3 Å². The second-order valence-electron chi connectivity index (χ2n) is 3.90. The number of carbonyl (C=O) groups excluding carboxylic acids is 1. The van der Waals surface area contributed by atoms with Crippen LogP contribution in [0.2, 0.25) is 0 Å². The molecule has 0 saturated carbocycles. The number of hydrogen-bond donors (Lipinski definition) is 1. The molecule has 0 heterocycles. The van der Waals surface area contributed by atoms with Crippen molar-refractivity contribution in [3.05, 3.63) is 34.4 Å². The second kappa shape index (κ2) is 5.60. The summed E-state index contributed by atoms with van der Waals surface area (Å²) in [5.41, 5.74) is 3.32. The van der Waals surface area contributed by atoms with Crippen molar-refractivity contribution in [1.82, 2.24) is 0 Å². The maximum atomic E-state index is 12.0. The van der Waals surface area contributed by atoms with E-state index in [4.69, 9.17) is 0 Å². The number of rotatable bonds is 4. The average Bonchev–Trinajstić information content (AvgIpc) is 2.16. The zero-order valence-corrected chi connectivity index (χ0v) is 11.6. The third-order valence-electron chi connectivity index (χ3n) is 2.42. The summed E-state index contributed by atoms with van der Waals surface area (Å²) in [7, 11) is -1.83. The summed E-state index contributed by atoms with van der Waals surface area (Å²) in [6, 6.07) is 3.90. The summed E-state index contributed by atoms with van der Waals surface area (Å²) in [5, 5.41) is 0. The molecule has 0 fully saturated rings. The van der Waals surface area contributed by atoms with Crippen LogP contribution in [-0.2, 0) is 4.57 Å². The van der Waals surface area contributed by atoms with Gasteiger partial charge in [-0.2, -0.15) is 12.6 Å². The van der Waals surface area contributed by atoms with Crippen LogP contribution in [0.4, 0.5) is 0 Å². The predicted molar refractivity (Wildman–Crippen MR) is 71.3 cm³/mol. The lowest BCUT2D eigenvalue weighted by Crippen LogP contribution is -2.03. The monoisotopic (exact) mass is 255 g/mol. The van der Waals surface area contributed by atoms with Crippen LogP contribution in [0.25, 0.3) is 0 Å². The summed E-state index contributed by atoms with van der Waals surface area (Å²) < 4.78 is 11.7. The van der Waals surface area contributed by atoms with Crippen molar-refractivity contribution in [1.29, 1.82) is 0 Å². The topological polar surface area (TPSA) is 34.1 Å². The van der Waals surface area contributed by atoms with Gasteiger partial charge in [-0.15, -0.1) is 0 Å². The fourth-order valence-corrected chi connectivity index (χ4v) is 3.37. The molecule has 1 aromatic rings. The lowest BCUT2D eigenvalue weighted by atomic mass is 10.0. The first-order valence-corrected chi connectivity index (χ1v) is 7.22. The van der Waals surface area contributed by atoms with Crippen LogP contribution in [0.5, 0.6) is 0 Å². The highest BCUT2D eigenvalue weighted by molar-refractivity contribution is 7.81. The first-order valence-electron chi connectivity index (χ1n) is 5.15. The van der Waals surface area contributed by atoms with E-state index in [1.54, 1.807) is 0 Å². The van der Waals surface area contributed by atoms with Crippen LogP contribution in [0, 0.1) is 20.8 Å². The molecule has 86 valence electrons. The fourth-order valence-electron chi connectivity index (χ4n) is 1.83. The van der Waals surface area contributed by atoms with E-state index in [0.717, 1.165) is 16.7 Å². The average molecular weight is 255 g/mol. The molecule has 2 nitrogen and oxygen atoms in total. The summed E-state index contributed by atoms with van der Waals surface area (Å²) >= 11 is 4.00. The Labute approximate surface area is 103 Å². The first kappa shape index (κ1) is 13.4. The normalized spacial score (nSPS) is 11.4. The molecular weight excluding hydrogens is 239 g/mol. The minimum absolute atomic E-state index is 0.237. The molecule has 0 aliphatic heterocycles. The van der Waals surface area contributed by atoms with Crippen molar-refractivity contribution in [2.75, 3.05) is 11.9 Å². The van der Waals surface area contributed by atoms with Crippen LogP contribution >= 0.6 is 20.4 Å². The van der Waals surface area contributed by atoms with Gasteiger partial charge in [0.25, 0.3) is 0 Å². The van der Waals surface area contributed by atoms with Crippen molar-refractivity contribution < 1.29 is 9.36 Å². The largest absolute Gasteiger partial charge is 0.420 e. The van der Waals surface area contributed by atoms with Crippen LogP contribution in [0.1, 0.15) is 27.0 Å². The Morgan fingerprint density at radius 1 is 1.25 bits per heavy atom. The maximum absolute atomic E-state index is 12.0. The first-order chi connectivity index (χ1) is 7.47. The van der Waals surface area contributed by atoms with E-state index in [-0.39, 0.29) is 5.52 Å². The summed E-state index contributed by atoms with van der Waals surface area (Å²) in [4.78, 5) is 12.0. The summed E-state index contributed by atoms with van der Waals surface area (Å²) in [5.74, 6) is 0.477. The smallest absolute Gasteiger partial charge is 0.234 e. The molecule has 0 aliphatic carbocycles. The molecule has 0 saturated heterocycles. The van der Waals surface area contributed by atoms with Gasteiger partial charge in [0.2, 0.25) is 0 Å². The molecule has 16 heavy (non-hydrogen) atoms. The van der Waals surface area contributed by atoms with Crippen LogP contribution in [0.3, 0.4) is 0 Å². The van der Waals surface area contributed by atoms with E-state index in [1.165, 1.54) is 0 Å². The van der Waals surface area contributed by atoms with Crippen molar-refractivity contribution in [2.24, 2.45) is 0 Å². The molecule has 1 aromatic carbocycles. The number of aryl methyl sites for hydroxylation is 3. The van der Waals surface area contributed by atoms with E-state index < -0.39 is 7.80 Å². The SMILES string of the molecule is Cc1cc(C)c(C(=O)[P+](=O)CCS)c(C)c1. The minimum atomic E-state index is -1.83. The second-order valence-corrected chi connectivity index (χ2v) is 5.96. The van der Waals surface area contributed by atoms with Gasteiger partial charge in [-0.3, -0.25) is 0 Å². The molecule has 0 bridgehead atoms. The predicted octanol–water partition coefficient (Wildman–Crippen LogP) is 3.51. The third-order valence-corrected chi connectivity index (χ3v) is 4.30. The Kier molecular flexibility index (Phi) is 4.69. The molecule has 0 aliphatic rings. The van der Waals surface area contributed by atoms with Crippen LogP contribution < -0.4 is 0 Å². The van der Waals surface area contributed by atoms with E-state index in [2.05, 4.69) is 12.6 Å². The van der Waals surface area contributed by atoms with E-state index in [0.29, 0.717) is 17.5 Å². The van der Waals surface area contributed by atoms with Gasteiger partial charge in [-0.05, 0) is 31.9 Å². The molecule has 1 unspecified atom stereocenters. The number of thiol groups is 1. The van der Waals surface area contributed by atoms with Gasteiger partial charge in [0.1, 0.15) is 0 Å². The lowest BCUT2D eigenvalue weighted by Gasteiger charge is -2.04. The van der Waals surface area contributed by atoms with E-state index >= 15 is 0 Å². The molecule has 0 radical (unpaired) electrons. The Hall–Kier alpha value is -0.660. The van der Waals surface area contributed by atoms with Gasteiger partial charge in [0.05, 0.1) is 5.56 Å². The van der Waals surface area contributed by atoms with Crippen molar-refractivity contribution in [3.8, 4) is 0 Å². The van der Waals surface area contributed by atoms with E-state index in [9.17, 15) is 9.36 Å². The zero-order chi connectivity index (χ0) is 12.3. The fraction of sp³-hybridized carbons (Fsp3) is 0.417. The van der Waals surface area contributed by atoms with Gasteiger partial charge < -0.3 is 0 Å². The molecule has 1 rings (SSSR count). The maximum Gasteiger partial charge on any atom is 0.420 e. The molecular formula is C12H16O2PS+. The van der Waals surface area contributed by atoms with Crippen molar-refractivity contribution in [3.63, 3.8) is 0 Å². The molecule has 0 spiro atoms. The minimum Gasteiger partial charge on any atom is -0.234 e. The summed E-state index contributed by atoms with van der Waals surface area (Å²) in [6.07, 6.45) is 0.351. The lowest BCUT2D eigenvalue weighted by molar-refractivity contribution is 0.107. The Balaban J connectivity index is 3.14. The molecule has 0 N–H and O–H groups in total. The van der Waals surface area contributed by atoms with E-state index in [1.807, 2.05) is 32.9 Å². The Morgan fingerprint density at radius 2 is 1.75 bits per heavy atom. The Morgan fingerprint density at radius 3 is 2.19 bits per heavy atom. The molecule has 1 atom stereocenters. The number of hydrogen-bond acceptors (Lipinski definition) is 3. The number of benzene rings is 1. The standard InChI is InChI=1S/C12H15O2PS/c1-8-6-9(2)11(10(3)7-8)12(13)15(14)4-5-16/h6-7H,4-5H2,1-3H3/p+1. The zero-order valence-electron chi connectivity index (χ0n) is 9.78. The van der Waals surface area contributed by atoms with Gasteiger partial charge in [-0.25, -0.2) is 4.79 Å². The quantitative estimate of drug-likeness (QED) is 0.660. The van der Waals surface area contributed by atoms with Crippen molar-refractivity contribution >= 4 is 26.0 Å². The van der Waals surface area contributed by atoms with Crippen LogP contribution in [-0.4, -0.2) is 17.4 Å². The Bertz CT molecular complexity index is 418. The van der Waals surface area contributed by atoms with Crippen LogP contribution in [0.15, 0.2) is 12.1 Å². The molecule has 4 heteroatoms.